The molecule has 0 aliphatic carbocycles. The van der Waals surface area contributed by atoms with Crippen LogP contribution in [0, 0.1) is 5.82 Å². The van der Waals surface area contributed by atoms with Gasteiger partial charge in [-0.25, -0.2) is 4.39 Å². The highest BCUT2D eigenvalue weighted by atomic mass is 19.1. The van der Waals surface area contributed by atoms with Crippen LogP contribution in [0.4, 0.5) is 4.39 Å². The third-order valence-corrected chi connectivity index (χ3v) is 6.22. The van der Waals surface area contributed by atoms with E-state index in [2.05, 4.69) is 36.1 Å². The normalized spacial score (nSPS) is 18.1. The lowest BCUT2D eigenvalue weighted by atomic mass is 9.75. The first-order chi connectivity index (χ1) is 15.0. The molecule has 31 heavy (non-hydrogen) atoms. The summed E-state index contributed by atoms with van der Waals surface area (Å²) in [5, 5.41) is 9.28. The Morgan fingerprint density at radius 2 is 1.42 bits per heavy atom. The maximum Gasteiger partial charge on any atom is 0.317 e. The number of nitrogens with zero attached hydrogens (tertiary/aromatic N) is 2. The maximum atomic E-state index is 13.9. The zero-order chi connectivity index (χ0) is 21.8. The Morgan fingerprint density at radius 3 is 1.90 bits per heavy atom. The van der Waals surface area contributed by atoms with Gasteiger partial charge in [-0.05, 0) is 35.7 Å². The summed E-state index contributed by atoms with van der Waals surface area (Å²) in [5.41, 5.74) is 2.59. The summed E-state index contributed by atoms with van der Waals surface area (Å²) in [4.78, 5) is 15.7. The third-order valence-electron chi connectivity index (χ3n) is 6.22. The number of rotatable bonds is 6. The van der Waals surface area contributed by atoms with E-state index in [0.717, 1.165) is 16.7 Å². The molecule has 1 fully saturated rings. The van der Waals surface area contributed by atoms with Gasteiger partial charge in [0, 0.05) is 25.7 Å². The lowest BCUT2D eigenvalue weighted by molar-refractivity contribution is -0.139. The molecule has 0 amide bonds. The summed E-state index contributed by atoms with van der Waals surface area (Å²) >= 11 is 0. The fourth-order valence-corrected chi connectivity index (χ4v) is 4.81. The number of piperazine rings is 1. The number of carboxylic acid groups (broad SMARTS) is 1. The van der Waals surface area contributed by atoms with Gasteiger partial charge in [0.25, 0.3) is 0 Å². The van der Waals surface area contributed by atoms with Crippen molar-refractivity contribution in [2.75, 3.05) is 26.2 Å². The second-order valence-electron chi connectivity index (χ2n) is 8.11. The van der Waals surface area contributed by atoms with Gasteiger partial charge in [-0.2, -0.15) is 0 Å². The van der Waals surface area contributed by atoms with Crippen molar-refractivity contribution < 1.29 is 14.3 Å². The van der Waals surface area contributed by atoms with Gasteiger partial charge in [0.1, 0.15) is 5.82 Å². The Balaban J connectivity index is 1.88. The molecule has 1 saturated heterocycles. The van der Waals surface area contributed by atoms with Crippen LogP contribution in [0.25, 0.3) is 0 Å². The van der Waals surface area contributed by atoms with Crippen molar-refractivity contribution in [1.82, 2.24) is 9.80 Å². The minimum absolute atomic E-state index is 0.0369. The SMILES string of the molecule is C[C@@H]1CN(C(c2ccccc2)(c2ccccc2)c2ccc(F)cc2)CCN1CC(=O)O. The first kappa shape index (κ1) is 21.2. The quantitative estimate of drug-likeness (QED) is 0.609. The summed E-state index contributed by atoms with van der Waals surface area (Å²) in [6, 6.07) is 27.4. The van der Waals surface area contributed by atoms with Gasteiger partial charge in [-0.15, -0.1) is 0 Å². The van der Waals surface area contributed by atoms with Crippen molar-refractivity contribution >= 4 is 5.97 Å². The van der Waals surface area contributed by atoms with E-state index in [4.69, 9.17) is 0 Å². The molecule has 1 aliphatic heterocycles. The molecule has 0 saturated carbocycles. The zero-order valence-corrected chi connectivity index (χ0v) is 17.6. The van der Waals surface area contributed by atoms with Gasteiger partial charge < -0.3 is 5.11 Å². The van der Waals surface area contributed by atoms with Crippen molar-refractivity contribution in [2.45, 2.75) is 18.5 Å². The van der Waals surface area contributed by atoms with E-state index in [1.165, 1.54) is 12.1 Å². The number of benzene rings is 3. The van der Waals surface area contributed by atoms with E-state index in [0.29, 0.717) is 19.6 Å². The number of aliphatic carboxylic acids is 1. The first-order valence-corrected chi connectivity index (χ1v) is 10.6. The highest BCUT2D eigenvalue weighted by Crippen LogP contribution is 2.43. The lowest BCUT2D eigenvalue weighted by Crippen LogP contribution is -2.60. The minimum atomic E-state index is -0.809. The van der Waals surface area contributed by atoms with Crippen molar-refractivity contribution in [2.24, 2.45) is 0 Å². The summed E-state index contributed by atoms with van der Waals surface area (Å²) in [6.45, 7) is 4.14. The van der Waals surface area contributed by atoms with Crippen LogP contribution >= 0.6 is 0 Å². The van der Waals surface area contributed by atoms with Gasteiger partial charge >= 0.3 is 5.97 Å². The Bertz CT molecular complexity index is 969. The molecule has 0 bridgehead atoms. The molecule has 0 spiro atoms. The van der Waals surface area contributed by atoms with Crippen molar-refractivity contribution in [3.05, 3.63) is 107 Å². The lowest BCUT2D eigenvalue weighted by Gasteiger charge is -2.51. The van der Waals surface area contributed by atoms with E-state index in [1.807, 2.05) is 53.4 Å². The standard InChI is InChI=1S/C26H27FN2O2/c1-20-18-29(17-16-28(20)19-25(30)31)26(21-8-4-2-5-9-21,22-10-6-3-7-11-22)23-12-14-24(27)15-13-23/h2-15,20H,16-19H2,1H3,(H,30,31)/t20-/m1/s1. The number of carbonyl (C=O) groups is 1. The fraction of sp³-hybridized carbons (Fsp3) is 0.269. The van der Waals surface area contributed by atoms with E-state index >= 15 is 0 Å². The minimum Gasteiger partial charge on any atom is -0.480 e. The molecular weight excluding hydrogens is 391 g/mol. The molecule has 0 unspecified atom stereocenters. The van der Waals surface area contributed by atoms with Crippen LogP contribution in [0.5, 0.6) is 0 Å². The second-order valence-corrected chi connectivity index (χ2v) is 8.11. The number of hydrogen-bond acceptors (Lipinski definition) is 3. The summed E-state index contributed by atoms with van der Waals surface area (Å²) in [6.07, 6.45) is 0. The van der Waals surface area contributed by atoms with Gasteiger partial charge in [0.2, 0.25) is 0 Å². The maximum absolute atomic E-state index is 13.9. The van der Waals surface area contributed by atoms with Crippen molar-refractivity contribution in [1.29, 1.82) is 0 Å². The molecule has 4 rings (SSSR count). The summed E-state index contributed by atoms with van der Waals surface area (Å²) in [7, 11) is 0. The predicted molar refractivity (Wildman–Crippen MR) is 119 cm³/mol. The molecule has 5 heteroatoms. The average molecular weight is 419 g/mol. The number of hydrogen-bond donors (Lipinski definition) is 1. The Kier molecular flexibility index (Phi) is 6.16. The van der Waals surface area contributed by atoms with E-state index in [1.54, 1.807) is 0 Å². The van der Waals surface area contributed by atoms with E-state index in [9.17, 15) is 14.3 Å². The van der Waals surface area contributed by atoms with E-state index < -0.39 is 11.5 Å². The molecule has 1 aliphatic rings. The van der Waals surface area contributed by atoms with Gasteiger partial charge in [0.05, 0.1) is 12.1 Å². The highest BCUT2D eigenvalue weighted by Gasteiger charge is 2.44. The molecule has 0 aromatic heterocycles. The monoisotopic (exact) mass is 418 g/mol. The second kappa shape index (κ2) is 9.00. The molecule has 3 aromatic carbocycles. The third kappa shape index (κ3) is 4.11. The van der Waals surface area contributed by atoms with Crippen molar-refractivity contribution in [3.8, 4) is 0 Å². The van der Waals surface area contributed by atoms with E-state index in [-0.39, 0.29) is 18.4 Å². The van der Waals surface area contributed by atoms with Crippen LogP contribution in [0.2, 0.25) is 0 Å². The largest absolute Gasteiger partial charge is 0.480 e. The molecule has 0 radical (unpaired) electrons. The predicted octanol–water partition coefficient (Wildman–Crippen LogP) is 4.21. The Hall–Kier alpha value is -3.02. The number of carboxylic acids is 1. The average Bonchev–Trinajstić information content (AvgIpc) is 2.78. The van der Waals surface area contributed by atoms with Crippen LogP contribution in [0.15, 0.2) is 84.9 Å². The molecule has 4 nitrogen and oxygen atoms in total. The van der Waals surface area contributed by atoms with Gasteiger partial charge in [-0.1, -0.05) is 72.8 Å². The topological polar surface area (TPSA) is 43.8 Å². The smallest absolute Gasteiger partial charge is 0.317 e. The Labute approximate surface area is 182 Å². The van der Waals surface area contributed by atoms with Gasteiger partial charge in [-0.3, -0.25) is 14.6 Å². The van der Waals surface area contributed by atoms with Crippen LogP contribution < -0.4 is 0 Å². The molecule has 1 N–H and O–H groups in total. The van der Waals surface area contributed by atoms with Crippen LogP contribution in [-0.2, 0) is 10.3 Å². The fourth-order valence-electron chi connectivity index (χ4n) is 4.81. The van der Waals surface area contributed by atoms with Gasteiger partial charge in [0.15, 0.2) is 0 Å². The first-order valence-electron chi connectivity index (χ1n) is 10.6. The van der Waals surface area contributed by atoms with Crippen LogP contribution in [0.1, 0.15) is 23.6 Å². The molecular formula is C26H27FN2O2. The molecule has 1 heterocycles. The van der Waals surface area contributed by atoms with Crippen LogP contribution in [0.3, 0.4) is 0 Å². The van der Waals surface area contributed by atoms with Crippen molar-refractivity contribution in [3.63, 3.8) is 0 Å². The molecule has 160 valence electrons. The molecule has 1 atom stereocenters. The number of halogens is 1. The summed E-state index contributed by atoms with van der Waals surface area (Å²) in [5.74, 6) is -1.07. The summed E-state index contributed by atoms with van der Waals surface area (Å²) < 4.78 is 13.9. The van der Waals surface area contributed by atoms with Crippen LogP contribution in [-0.4, -0.2) is 53.1 Å². The Morgan fingerprint density at radius 1 is 0.903 bits per heavy atom. The molecule has 3 aromatic rings. The highest BCUT2D eigenvalue weighted by molar-refractivity contribution is 5.69. The zero-order valence-electron chi connectivity index (χ0n) is 17.6.